The first kappa shape index (κ1) is 40.5. The van der Waals surface area contributed by atoms with E-state index in [1.165, 1.54) is 67.2 Å². The minimum Gasteiger partial charge on any atom is -0.393 e. The molecule has 2 N–H and O–H groups in total. The van der Waals surface area contributed by atoms with E-state index in [2.05, 4.69) is 78.0 Å². The van der Waals surface area contributed by atoms with E-state index in [0.717, 1.165) is 88.4 Å². The second-order valence-electron chi connectivity index (χ2n) is 16.0. The topological polar surface area (TPSA) is 52.9 Å². The fraction of sp³-hybridized carbons (Fsp3) is 0.727. The van der Waals surface area contributed by atoms with Gasteiger partial charge in [-0.25, -0.2) is 0 Å². The molecule has 0 radical (unpaired) electrons. The number of aliphatic hydroxyl groups excluding tert-OH is 2. The van der Waals surface area contributed by atoms with Crippen molar-refractivity contribution in [2.75, 3.05) is 6.54 Å². The highest BCUT2D eigenvalue weighted by Gasteiger charge is 2.38. The lowest BCUT2D eigenvalue weighted by molar-refractivity contribution is -0.130. The lowest BCUT2D eigenvalue weighted by Gasteiger charge is -2.44. The van der Waals surface area contributed by atoms with E-state index >= 15 is 0 Å². The van der Waals surface area contributed by atoms with Crippen LogP contribution in [0, 0.1) is 17.8 Å². The van der Waals surface area contributed by atoms with Crippen LogP contribution in [0.1, 0.15) is 150 Å². The van der Waals surface area contributed by atoms with Crippen LogP contribution in [0.2, 0.25) is 0 Å². The smallest absolute Gasteiger partial charge is 0.0870 e. The average Bonchev–Trinajstić information content (AvgIpc) is 3.06. The van der Waals surface area contributed by atoms with Crippen molar-refractivity contribution < 1.29 is 14.9 Å². The molecule has 0 aromatic heterocycles. The van der Waals surface area contributed by atoms with Crippen molar-refractivity contribution in [2.24, 2.45) is 17.8 Å². The normalized spacial score (nSPS) is 29.4. The molecule has 0 spiro atoms. The summed E-state index contributed by atoms with van der Waals surface area (Å²) in [6.45, 7) is 29.9. The van der Waals surface area contributed by atoms with Crippen molar-refractivity contribution in [2.45, 2.75) is 181 Å². The van der Waals surface area contributed by atoms with Crippen LogP contribution >= 0.6 is 0 Å². The van der Waals surface area contributed by atoms with Crippen LogP contribution in [-0.4, -0.2) is 52.1 Å². The molecule has 272 valence electrons. The summed E-state index contributed by atoms with van der Waals surface area (Å²) in [6.07, 6.45) is 23.8. The van der Waals surface area contributed by atoms with E-state index in [1.807, 2.05) is 0 Å². The molecule has 1 aliphatic carbocycles. The number of hydrogen-bond acceptors (Lipinski definition) is 4. The van der Waals surface area contributed by atoms with E-state index in [-0.39, 0.29) is 24.2 Å². The van der Waals surface area contributed by atoms with Gasteiger partial charge in [0.05, 0.1) is 24.4 Å². The Hall–Kier alpha value is -1.88. The van der Waals surface area contributed by atoms with Gasteiger partial charge in [-0.3, -0.25) is 0 Å². The minimum absolute atomic E-state index is 0.0740. The van der Waals surface area contributed by atoms with Crippen molar-refractivity contribution >= 4 is 0 Å². The molecule has 1 unspecified atom stereocenters. The third-order valence-electron chi connectivity index (χ3n) is 11.5. The summed E-state index contributed by atoms with van der Waals surface area (Å²) in [5.41, 5.74) is 7.52. The minimum atomic E-state index is -0.426. The van der Waals surface area contributed by atoms with Gasteiger partial charge in [-0.2, -0.15) is 0 Å². The molecule has 4 nitrogen and oxygen atoms in total. The molecule has 6 atom stereocenters. The molecule has 0 bridgehead atoms. The summed E-state index contributed by atoms with van der Waals surface area (Å²) < 4.78 is 6.62. The number of nitrogens with zero attached hydrogens (tertiary/aromatic N) is 1. The predicted molar refractivity (Wildman–Crippen MR) is 206 cm³/mol. The van der Waals surface area contributed by atoms with Crippen molar-refractivity contribution in [1.82, 2.24) is 4.90 Å². The van der Waals surface area contributed by atoms with Crippen LogP contribution < -0.4 is 0 Å². The summed E-state index contributed by atoms with van der Waals surface area (Å²) in [5.74, 6) is 1.34. The van der Waals surface area contributed by atoms with Gasteiger partial charge in [0.15, 0.2) is 0 Å². The van der Waals surface area contributed by atoms with Gasteiger partial charge in [-0.05, 0) is 147 Å². The van der Waals surface area contributed by atoms with Crippen molar-refractivity contribution in [3.8, 4) is 0 Å². The Bertz CT molecular complexity index is 1110. The molecular weight excluding hydrogens is 590 g/mol. The second-order valence-corrected chi connectivity index (χ2v) is 16.0. The Balaban J connectivity index is 1.42. The first-order valence-electron chi connectivity index (χ1n) is 19.7. The van der Waals surface area contributed by atoms with Gasteiger partial charge in [0, 0.05) is 18.3 Å². The maximum Gasteiger partial charge on any atom is 0.0870 e. The number of likely N-dealkylation sites (tertiary alicyclic amines) is 1. The Labute approximate surface area is 296 Å². The standard InChI is InChI=1S/C44H73NO3/c1-10-17-39(34(6)20-13-11-18-32(4)28-38-23-25-40(46)26-24-38)29-33(5)19-12-14-22-43-42(47)30-35(7)44(48-43)36(8)37(9)45-27-16-15-21-41(45)31(2)3/h28-29,35,38-44,46-47H,2,6,8-27,30H2,1,3-5,7H3/b32-28+,33-29+/t35-,38?,39-,40?,41?,42+,43-,44-/m1/s1. The highest BCUT2D eigenvalue weighted by atomic mass is 16.5. The molecule has 4 heteroatoms. The van der Waals surface area contributed by atoms with Gasteiger partial charge in [-0.15, -0.1) is 0 Å². The highest BCUT2D eigenvalue weighted by molar-refractivity contribution is 5.31. The van der Waals surface area contributed by atoms with Crippen molar-refractivity contribution in [1.29, 1.82) is 0 Å². The lowest BCUT2D eigenvalue weighted by Crippen LogP contribution is -2.46. The summed E-state index contributed by atoms with van der Waals surface area (Å²) in [4.78, 5) is 2.39. The quantitative estimate of drug-likeness (QED) is 0.0820. The molecule has 3 aliphatic rings. The zero-order valence-electron chi connectivity index (χ0n) is 31.8. The molecule has 0 aromatic rings. The summed E-state index contributed by atoms with van der Waals surface area (Å²) in [6, 6.07) is 0.328. The Morgan fingerprint density at radius 1 is 0.875 bits per heavy atom. The summed E-state index contributed by atoms with van der Waals surface area (Å²) in [5, 5.41) is 20.7. The molecule has 0 aromatic carbocycles. The fourth-order valence-corrected chi connectivity index (χ4v) is 8.46. The zero-order chi connectivity index (χ0) is 35.2. The predicted octanol–water partition coefficient (Wildman–Crippen LogP) is 11.2. The van der Waals surface area contributed by atoms with E-state index < -0.39 is 6.10 Å². The van der Waals surface area contributed by atoms with E-state index in [9.17, 15) is 10.2 Å². The molecule has 3 fully saturated rings. The van der Waals surface area contributed by atoms with Crippen LogP contribution in [0.5, 0.6) is 0 Å². The van der Waals surface area contributed by atoms with Gasteiger partial charge in [0.2, 0.25) is 0 Å². The Kier molecular flexibility index (Phi) is 17.5. The number of unbranched alkanes of at least 4 members (excludes halogenated alkanes) is 2. The van der Waals surface area contributed by atoms with Crippen molar-refractivity contribution in [3.05, 3.63) is 72.0 Å². The van der Waals surface area contributed by atoms with E-state index in [1.54, 1.807) is 0 Å². The van der Waals surface area contributed by atoms with Gasteiger partial charge in [0.25, 0.3) is 0 Å². The van der Waals surface area contributed by atoms with Crippen LogP contribution in [-0.2, 0) is 4.74 Å². The molecule has 0 amide bonds. The summed E-state index contributed by atoms with van der Waals surface area (Å²) >= 11 is 0. The molecule has 2 saturated heterocycles. The van der Waals surface area contributed by atoms with E-state index in [0.29, 0.717) is 17.9 Å². The van der Waals surface area contributed by atoms with Crippen LogP contribution in [0.3, 0.4) is 0 Å². The SMILES string of the molecule is C=C(C)C1CCCCN1C(=C)C(=C)[C@@H]1O[C@H](CCCC/C(C)=C/[C@@H](CCC)C(=C)CCCC/C(C)=C/C2CCC(O)CC2)[C@@H](O)C[C@H]1C. The number of ether oxygens (including phenoxy) is 1. The van der Waals surface area contributed by atoms with Gasteiger partial charge in [0.1, 0.15) is 0 Å². The Morgan fingerprint density at radius 3 is 2.23 bits per heavy atom. The molecule has 3 rings (SSSR count). The third kappa shape index (κ3) is 12.8. The molecule has 1 saturated carbocycles. The monoisotopic (exact) mass is 664 g/mol. The highest BCUT2D eigenvalue weighted by Crippen LogP contribution is 2.37. The number of aliphatic hydroxyl groups is 2. The molecule has 2 aliphatic heterocycles. The summed E-state index contributed by atoms with van der Waals surface area (Å²) in [7, 11) is 0. The lowest BCUT2D eigenvalue weighted by atomic mass is 9.84. The average molecular weight is 664 g/mol. The fourth-order valence-electron chi connectivity index (χ4n) is 8.46. The van der Waals surface area contributed by atoms with E-state index in [4.69, 9.17) is 4.74 Å². The van der Waals surface area contributed by atoms with Crippen molar-refractivity contribution in [3.63, 3.8) is 0 Å². The third-order valence-corrected chi connectivity index (χ3v) is 11.5. The van der Waals surface area contributed by atoms with Gasteiger partial charge < -0.3 is 19.8 Å². The largest absolute Gasteiger partial charge is 0.393 e. The zero-order valence-corrected chi connectivity index (χ0v) is 31.8. The maximum atomic E-state index is 11.0. The molecular formula is C44H73NO3. The molecule has 48 heavy (non-hydrogen) atoms. The van der Waals surface area contributed by atoms with Crippen LogP contribution in [0.4, 0.5) is 0 Å². The Morgan fingerprint density at radius 2 is 1.54 bits per heavy atom. The van der Waals surface area contributed by atoms with Gasteiger partial charge in [-0.1, -0.05) is 87.4 Å². The first-order chi connectivity index (χ1) is 22.9. The number of hydrogen-bond donors (Lipinski definition) is 2. The van der Waals surface area contributed by atoms with Crippen LogP contribution in [0.15, 0.2) is 72.0 Å². The molecule has 2 heterocycles. The first-order valence-corrected chi connectivity index (χ1v) is 19.7. The number of rotatable bonds is 19. The second kappa shape index (κ2) is 20.7. The van der Waals surface area contributed by atoms with Gasteiger partial charge >= 0.3 is 0 Å². The maximum absolute atomic E-state index is 11.0. The number of allylic oxidation sites excluding steroid dienone is 5. The number of piperidine rings is 1. The van der Waals surface area contributed by atoms with Crippen LogP contribution in [0.25, 0.3) is 0 Å².